The fraction of sp³-hybridized carbons (Fsp3) is 0.221. The zero-order chi connectivity index (χ0) is 62.2. The topological polar surface area (TPSA) is 40.6 Å². The summed E-state index contributed by atoms with van der Waals surface area (Å²) in [5.41, 5.74) is 16.2. The fourth-order valence-electron chi connectivity index (χ4n) is 12.0. The summed E-state index contributed by atoms with van der Waals surface area (Å²) in [5, 5.41) is 3.51. The zero-order valence-electron chi connectivity index (χ0n) is 55.0. The van der Waals surface area contributed by atoms with Crippen LogP contribution in [0.3, 0.4) is 0 Å². The van der Waals surface area contributed by atoms with Crippen LogP contribution in [-0.4, -0.2) is 4.98 Å². The second-order valence-electron chi connectivity index (χ2n) is 25.2. The standard InChI is InChI=1S/C77H73N4O.Pt/c1-51-46-70(78-49-64(51)62-33-22-36-66-72(62)77(10,11)45-44-76(66,8)9)79-67-37-23-31-59(52-24-13-12-14-25-52)71(67)53-40-42-57(43-41-53)82-58-29-20-28-56(48-58)80-50-81(69-39-18-17-38-68(69)80)73-60(54-26-19-27-55(47-54)74(2,3)4)32-21-34-63(73)61-30-15-16-35-65(61)75(5,6)7;/h12-42,46-47,49-50H,44-45H2,1-11H3,(H,78,79);/q-3;/i1D3,22D,33D,36D;. The molecule has 1 aromatic heterocycles. The van der Waals surface area contributed by atoms with Crippen LogP contribution in [0.15, 0.2) is 206 Å². The molecule has 1 aliphatic carbocycles. The maximum atomic E-state index is 9.30. The number of nitrogens with one attached hydrogen (secondary N) is 1. The Morgan fingerprint density at radius 3 is 2.04 bits per heavy atom. The molecular formula is C77H73N4OPt-3. The van der Waals surface area contributed by atoms with Crippen molar-refractivity contribution in [3.8, 4) is 67.1 Å². The fourth-order valence-corrected chi connectivity index (χ4v) is 12.0. The monoisotopic (exact) mass is 1270 g/mol. The predicted molar refractivity (Wildman–Crippen MR) is 344 cm³/mol. The number of hydrogen-bond donors (Lipinski definition) is 1. The van der Waals surface area contributed by atoms with Crippen LogP contribution in [0.1, 0.15) is 118 Å². The van der Waals surface area contributed by atoms with E-state index in [0.717, 1.165) is 80.1 Å². The molecule has 83 heavy (non-hydrogen) atoms. The van der Waals surface area contributed by atoms with Gasteiger partial charge in [-0.05, 0) is 127 Å². The van der Waals surface area contributed by atoms with Gasteiger partial charge >= 0.3 is 0 Å². The van der Waals surface area contributed by atoms with Crippen LogP contribution in [-0.2, 0) is 42.7 Å². The minimum absolute atomic E-state index is 0. The van der Waals surface area contributed by atoms with Gasteiger partial charge in [0.2, 0.25) is 0 Å². The van der Waals surface area contributed by atoms with Crippen molar-refractivity contribution in [3.63, 3.8) is 0 Å². The van der Waals surface area contributed by atoms with Crippen molar-refractivity contribution in [3.05, 3.63) is 253 Å². The first-order valence-corrected chi connectivity index (χ1v) is 28.5. The summed E-state index contributed by atoms with van der Waals surface area (Å²) >= 11 is 0. The molecule has 1 aliphatic heterocycles. The van der Waals surface area contributed by atoms with Gasteiger partial charge in [0.05, 0.1) is 4.11 Å². The number of ether oxygens (including phenoxy) is 1. The summed E-state index contributed by atoms with van der Waals surface area (Å²) in [6, 6.07) is 68.9. The number of nitrogens with zero attached hydrogens (tertiary/aromatic N) is 3. The molecule has 0 saturated carbocycles. The Balaban J connectivity index is 0.00000817. The SMILES string of the molecule is [2H]c1c([2H])c(-c2cnc(Nc3cccc(-c4ccccc4)c3-c3c[c-]c(Oc4[c-]c(N5[CH-]N(c6c(-c7cccc(C(C)(C)C)c7)cccc6-c6ccccc6C(C)(C)C)c6ccccc65)ccc4)cc3)cc2C([2H])([2H])[2H])c2c(c1[2H])C(C)(C)CCC2(C)C.[Pt]. The number of aromatic nitrogens is 1. The van der Waals surface area contributed by atoms with Gasteiger partial charge in [0, 0.05) is 82.3 Å². The van der Waals surface area contributed by atoms with E-state index in [4.69, 9.17) is 16.6 Å². The Hall–Kier alpha value is -7.98. The molecule has 9 aromatic carbocycles. The van der Waals surface area contributed by atoms with Gasteiger partial charge in [-0.25, -0.2) is 4.98 Å². The number of rotatable bonds is 11. The molecule has 0 unspecified atom stereocenters. The molecule has 0 radical (unpaired) electrons. The van der Waals surface area contributed by atoms with Gasteiger partial charge in [0.1, 0.15) is 5.82 Å². The second kappa shape index (κ2) is 22.3. The Bertz CT molecular complexity index is 4320. The van der Waals surface area contributed by atoms with Crippen molar-refractivity contribution in [2.75, 3.05) is 15.1 Å². The van der Waals surface area contributed by atoms with Crippen molar-refractivity contribution in [1.29, 1.82) is 0 Å². The first-order valence-electron chi connectivity index (χ1n) is 31.5. The van der Waals surface area contributed by atoms with Crippen molar-refractivity contribution in [2.45, 2.75) is 111 Å². The average molecular weight is 1270 g/mol. The van der Waals surface area contributed by atoms with Crippen molar-refractivity contribution in [1.82, 2.24) is 4.98 Å². The normalized spacial score (nSPS) is 15.5. The molecular weight excluding hydrogens is 1190 g/mol. The number of aryl methyl sites for hydroxylation is 1. The molecule has 420 valence electrons. The summed E-state index contributed by atoms with van der Waals surface area (Å²) in [6.07, 6.45) is 3.09. The molecule has 0 atom stereocenters. The van der Waals surface area contributed by atoms with Crippen molar-refractivity contribution >= 4 is 34.3 Å². The number of fused-ring (bicyclic) bond motifs is 2. The maximum Gasteiger partial charge on any atom is 0.130 e. The third-order valence-corrected chi connectivity index (χ3v) is 16.5. The maximum absolute atomic E-state index is 9.30. The third kappa shape index (κ3) is 11.1. The molecule has 10 aromatic rings. The van der Waals surface area contributed by atoms with Crippen molar-refractivity contribution in [2.24, 2.45) is 0 Å². The molecule has 0 bridgehead atoms. The Labute approximate surface area is 516 Å². The van der Waals surface area contributed by atoms with Crippen LogP contribution < -0.4 is 19.9 Å². The van der Waals surface area contributed by atoms with E-state index >= 15 is 0 Å². The van der Waals surface area contributed by atoms with Gasteiger partial charge in [-0.1, -0.05) is 209 Å². The van der Waals surface area contributed by atoms with Crippen LogP contribution in [0.5, 0.6) is 11.5 Å². The van der Waals surface area contributed by atoms with Gasteiger partial charge in [0.25, 0.3) is 0 Å². The number of benzene rings is 9. The molecule has 0 fully saturated rings. The number of anilines is 6. The molecule has 2 aliphatic rings. The second-order valence-corrected chi connectivity index (χ2v) is 25.2. The Morgan fingerprint density at radius 1 is 0.602 bits per heavy atom. The minimum atomic E-state index is -2.62. The number of para-hydroxylation sites is 3. The minimum Gasteiger partial charge on any atom is -0.509 e. The van der Waals surface area contributed by atoms with Gasteiger partial charge in [0.15, 0.2) is 0 Å². The van der Waals surface area contributed by atoms with Crippen LogP contribution in [0.25, 0.3) is 55.6 Å². The van der Waals surface area contributed by atoms with Gasteiger partial charge in [-0.15, -0.1) is 48.3 Å². The van der Waals surface area contributed by atoms with Crippen molar-refractivity contribution < 1.29 is 34.0 Å². The summed E-state index contributed by atoms with van der Waals surface area (Å²) in [6.45, 7) is 21.5. The predicted octanol–water partition coefficient (Wildman–Crippen LogP) is 21.2. The van der Waals surface area contributed by atoms with Crippen LogP contribution >= 0.6 is 0 Å². The van der Waals surface area contributed by atoms with E-state index in [2.05, 4.69) is 212 Å². The van der Waals surface area contributed by atoms with E-state index in [1.807, 2.05) is 66.7 Å². The molecule has 6 heteroatoms. The van der Waals surface area contributed by atoms with Crippen LogP contribution in [0.2, 0.25) is 0 Å². The van der Waals surface area contributed by atoms with E-state index in [1.54, 1.807) is 6.07 Å². The first kappa shape index (κ1) is 49.6. The molecule has 0 amide bonds. The zero-order valence-corrected chi connectivity index (χ0v) is 51.2. The van der Waals surface area contributed by atoms with Gasteiger partial charge in [-0.3, -0.25) is 0 Å². The van der Waals surface area contributed by atoms with Crippen LogP contribution in [0, 0.1) is 25.7 Å². The molecule has 0 saturated heterocycles. The average Bonchev–Trinajstić information content (AvgIpc) is 1.32. The molecule has 12 rings (SSSR count). The molecule has 1 N–H and O–H groups in total. The van der Waals surface area contributed by atoms with Gasteiger partial charge < -0.3 is 19.9 Å². The number of hydrogen-bond acceptors (Lipinski definition) is 5. The number of pyridine rings is 1. The van der Waals surface area contributed by atoms with E-state index in [0.29, 0.717) is 34.1 Å². The third-order valence-electron chi connectivity index (χ3n) is 16.5. The Morgan fingerprint density at radius 2 is 1.28 bits per heavy atom. The van der Waals surface area contributed by atoms with Crippen LogP contribution in [0.4, 0.5) is 34.3 Å². The van der Waals surface area contributed by atoms with E-state index < -0.39 is 17.7 Å². The van der Waals surface area contributed by atoms with E-state index in [-0.39, 0.29) is 61.1 Å². The Kier molecular flexibility index (Phi) is 13.3. The van der Waals surface area contributed by atoms with Gasteiger partial charge in [-0.2, -0.15) is 18.2 Å². The first-order chi connectivity index (χ1) is 41.8. The summed E-state index contributed by atoms with van der Waals surface area (Å²) in [7, 11) is 0. The molecule has 5 nitrogen and oxygen atoms in total. The summed E-state index contributed by atoms with van der Waals surface area (Å²) < 4.78 is 60.7. The smallest absolute Gasteiger partial charge is 0.130 e. The van der Waals surface area contributed by atoms with E-state index in [9.17, 15) is 1.37 Å². The quantitative estimate of drug-likeness (QED) is 0.131. The summed E-state index contributed by atoms with van der Waals surface area (Å²) in [4.78, 5) is 9.39. The van der Waals surface area contributed by atoms with E-state index in [1.165, 1.54) is 22.9 Å². The summed E-state index contributed by atoms with van der Waals surface area (Å²) in [5.74, 6) is 1.30. The molecule has 2 heterocycles. The molecule has 0 spiro atoms. The largest absolute Gasteiger partial charge is 0.509 e.